The Hall–Kier alpha value is 0.884. The Morgan fingerprint density at radius 1 is 0.200 bits per heavy atom. The summed E-state index contributed by atoms with van der Waals surface area (Å²) >= 11 is 0. The third-order valence-corrected chi connectivity index (χ3v) is 43.0. The third-order valence-electron chi connectivity index (χ3n) is 13.1. The van der Waals surface area contributed by atoms with Gasteiger partial charge in [0.2, 0.25) is 0 Å². The minimum atomic E-state index is -2.43. The molecule has 0 spiro atoms. The molecule has 10 aliphatic carbocycles. The first-order valence-electron chi connectivity index (χ1n) is 18.1. The summed E-state index contributed by atoms with van der Waals surface area (Å²) in [7, 11) is -12.2. The molecule has 0 aromatic carbocycles. The van der Waals surface area contributed by atoms with E-state index in [-0.39, 0.29) is 0 Å². The average molecular weight is 631 g/mol. The molecule has 0 aromatic rings. The molecule has 1 heterocycles. The summed E-state index contributed by atoms with van der Waals surface area (Å²) in [5.41, 5.74) is 7.47. The van der Waals surface area contributed by atoms with Gasteiger partial charge in [0, 0.05) is 55.4 Å². The monoisotopic (exact) mass is 630 g/mol. The quantitative estimate of drug-likeness (QED) is 0.226. The first kappa shape index (κ1) is 25.1. The number of rotatable bonds is 10. The predicted octanol–water partition coefficient (Wildman–Crippen LogP) is 8.93. The standard InChI is InChI=1S/C30H50O5Si5/c1-2-21(1)36(22-3-4-22)31-37(23-5-6-23,24-7-8-24)33-39(27-13-14-27,28-15-16-28)35-40(29-17-18-29,30-19-20-30)34-38(32-36,25-9-10-25)26-11-12-26/h21-30H,1-20H2. The van der Waals surface area contributed by atoms with E-state index in [1.807, 2.05) is 0 Å². The highest BCUT2D eigenvalue weighted by Gasteiger charge is 2.80. The van der Waals surface area contributed by atoms with Gasteiger partial charge in [-0.15, -0.1) is 0 Å². The summed E-state index contributed by atoms with van der Waals surface area (Å²) in [6.07, 6.45) is 27.5. The SMILES string of the molecule is C1CC1[Si]1(C2CC2)O[Si](C2CC2)(C2CC2)O[Si](C2CC2)(C2CC2)O[Si](C2CC2)(C2CC2)O[Si](C2CC2)(C2CC2)O1. The van der Waals surface area contributed by atoms with E-state index in [0.29, 0.717) is 0 Å². The van der Waals surface area contributed by atoms with Crippen LogP contribution in [0.3, 0.4) is 0 Å². The lowest BCUT2D eigenvalue weighted by Gasteiger charge is -2.55. The molecule has 1 aliphatic heterocycles. The van der Waals surface area contributed by atoms with Gasteiger partial charge >= 0.3 is 42.8 Å². The molecule has 220 valence electrons. The van der Waals surface area contributed by atoms with Crippen LogP contribution in [0, 0.1) is 0 Å². The molecule has 11 aliphatic rings. The molecule has 11 rings (SSSR count). The zero-order valence-corrected chi connectivity index (χ0v) is 29.5. The Morgan fingerprint density at radius 3 is 0.375 bits per heavy atom. The van der Waals surface area contributed by atoms with Crippen molar-refractivity contribution in [1.29, 1.82) is 0 Å². The zero-order chi connectivity index (χ0) is 26.0. The molecule has 0 amide bonds. The molecule has 0 N–H and O–H groups in total. The van der Waals surface area contributed by atoms with Gasteiger partial charge in [0.05, 0.1) is 0 Å². The van der Waals surface area contributed by atoms with Crippen molar-refractivity contribution in [1.82, 2.24) is 0 Å². The van der Waals surface area contributed by atoms with Crippen molar-refractivity contribution in [3.05, 3.63) is 0 Å². The molecule has 0 unspecified atom stereocenters. The van der Waals surface area contributed by atoms with Crippen LogP contribution < -0.4 is 0 Å². The number of hydrogen-bond donors (Lipinski definition) is 0. The average Bonchev–Trinajstić information content (AvgIpc) is 3.87. The van der Waals surface area contributed by atoms with E-state index >= 15 is 0 Å². The highest BCUT2D eigenvalue weighted by Crippen LogP contribution is 2.74. The molecular weight excluding hydrogens is 581 g/mol. The first-order chi connectivity index (χ1) is 19.6. The van der Waals surface area contributed by atoms with E-state index in [0.717, 1.165) is 55.4 Å². The van der Waals surface area contributed by atoms with Crippen LogP contribution in [-0.4, -0.2) is 42.8 Å². The van der Waals surface area contributed by atoms with Crippen molar-refractivity contribution in [2.45, 2.75) is 184 Å². The van der Waals surface area contributed by atoms with Crippen LogP contribution in [0.1, 0.15) is 128 Å². The highest BCUT2D eigenvalue weighted by molar-refractivity contribution is 6.99. The lowest BCUT2D eigenvalue weighted by molar-refractivity contribution is 0.199. The van der Waals surface area contributed by atoms with Gasteiger partial charge < -0.3 is 20.6 Å². The maximum absolute atomic E-state index is 8.30. The minimum Gasteiger partial charge on any atom is -0.415 e. The molecular formula is C30H50O5Si5. The van der Waals surface area contributed by atoms with Gasteiger partial charge in [-0.25, -0.2) is 0 Å². The maximum Gasteiger partial charge on any atom is 0.327 e. The smallest absolute Gasteiger partial charge is 0.327 e. The topological polar surface area (TPSA) is 46.2 Å². The molecule has 10 heteroatoms. The van der Waals surface area contributed by atoms with E-state index in [1.165, 1.54) is 128 Å². The van der Waals surface area contributed by atoms with Crippen LogP contribution in [0.2, 0.25) is 55.4 Å². The van der Waals surface area contributed by atoms with Crippen LogP contribution in [0.15, 0.2) is 0 Å². The van der Waals surface area contributed by atoms with E-state index in [4.69, 9.17) is 20.6 Å². The van der Waals surface area contributed by atoms with Gasteiger partial charge in [-0.05, 0) is 128 Å². The van der Waals surface area contributed by atoms with E-state index < -0.39 is 42.8 Å². The molecule has 1 saturated heterocycles. The zero-order valence-electron chi connectivity index (χ0n) is 24.5. The summed E-state index contributed by atoms with van der Waals surface area (Å²) in [4.78, 5) is 0. The van der Waals surface area contributed by atoms with Crippen molar-refractivity contribution >= 4 is 42.8 Å². The molecule has 0 atom stereocenters. The van der Waals surface area contributed by atoms with Crippen LogP contribution in [0.5, 0.6) is 0 Å². The van der Waals surface area contributed by atoms with Crippen LogP contribution in [0.25, 0.3) is 0 Å². The number of hydrogen-bond acceptors (Lipinski definition) is 5. The van der Waals surface area contributed by atoms with Crippen LogP contribution >= 0.6 is 0 Å². The fourth-order valence-corrected chi connectivity index (χ4v) is 48.6. The highest BCUT2D eigenvalue weighted by atomic mass is 28.5. The Labute approximate surface area is 246 Å². The van der Waals surface area contributed by atoms with Gasteiger partial charge in [-0.3, -0.25) is 0 Å². The van der Waals surface area contributed by atoms with Gasteiger partial charge in [0.15, 0.2) is 0 Å². The largest absolute Gasteiger partial charge is 0.415 e. The van der Waals surface area contributed by atoms with E-state index in [1.54, 1.807) is 0 Å². The summed E-state index contributed by atoms with van der Waals surface area (Å²) in [5.74, 6) is 0. The summed E-state index contributed by atoms with van der Waals surface area (Å²) in [6.45, 7) is 0. The van der Waals surface area contributed by atoms with Crippen molar-refractivity contribution in [3.63, 3.8) is 0 Å². The molecule has 5 nitrogen and oxygen atoms in total. The normalized spacial score (nSPS) is 40.5. The molecule has 0 bridgehead atoms. The molecule has 40 heavy (non-hydrogen) atoms. The van der Waals surface area contributed by atoms with Gasteiger partial charge in [0.25, 0.3) is 0 Å². The Bertz CT molecular complexity index is 805. The van der Waals surface area contributed by atoms with Crippen LogP contribution in [-0.2, 0) is 20.6 Å². The molecule has 0 radical (unpaired) electrons. The minimum absolute atomic E-state index is 0.747. The van der Waals surface area contributed by atoms with Crippen molar-refractivity contribution < 1.29 is 20.6 Å². The van der Waals surface area contributed by atoms with E-state index in [2.05, 4.69) is 0 Å². The summed E-state index contributed by atoms with van der Waals surface area (Å²) in [6, 6.07) is 0. The van der Waals surface area contributed by atoms with Gasteiger partial charge in [-0.1, -0.05) is 0 Å². The second-order valence-electron chi connectivity index (χ2n) is 16.9. The van der Waals surface area contributed by atoms with Crippen molar-refractivity contribution in [2.75, 3.05) is 0 Å². The fourth-order valence-electron chi connectivity index (χ4n) is 9.54. The predicted molar refractivity (Wildman–Crippen MR) is 164 cm³/mol. The van der Waals surface area contributed by atoms with Gasteiger partial charge in [-0.2, -0.15) is 0 Å². The summed E-state index contributed by atoms with van der Waals surface area (Å²) < 4.78 is 41.5. The Morgan fingerprint density at radius 2 is 0.300 bits per heavy atom. The lowest BCUT2D eigenvalue weighted by atomic mass is 10.9. The molecule has 0 aromatic heterocycles. The second kappa shape index (κ2) is 8.18. The molecule has 10 saturated carbocycles. The van der Waals surface area contributed by atoms with Crippen molar-refractivity contribution in [3.8, 4) is 0 Å². The third kappa shape index (κ3) is 3.82. The lowest BCUT2D eigenvalue weighted by Crippen LogP contribution is -2.72. The Balaban J connectivity index is 1.14. The van der Waals surface area contributed by atoms with E-state index in [9.17, 15) is 0 Å². The Kier molecular flexibility index (Phi) is 5.13. The second-order valence-corrected chi connectivity index (χ2v) is 36.3. The molecule has 11 fully saturated rings. The van der Waals surface area contributed by atoms with Gasteiger partial charge in [0.1, 0.15) is 0 Å². The summed E-state index contributed by atoms with van der Waals surface area (Å²) in [5, 5.41) is 0. The maximum atomic E-state index is 8.30. The van der Waals surface area contributed by atoms with Crippen molar-refractivity contribution in [2.24, 2.45) is 0 Å². The fraction of sp³-hybridized carbons (Fsp3) is 1.00. The first-order valence-corrected chi connectivity index (χ1v) is 27.9. The van der Waals surface area contributed by atoms with Crippen LogP contribution in [0.4, 0.5) is 0 Å².